The summed E-state index contributed by atoms with van der Waals surface area (Å²) in [4.78, 5) is 19.2. The Morgan fingerprint density at radius 3 is 2.81 bits per heavy atom. The molecule has 3 heterocycles. The number of carbonyl (C=O) groups is 1. The van der Waals surface area contributed by atoms with E-state index in [1.165, 1.54) is 11.1 Å². The van der Waals surface area contributed by atoms with Crippen LogP contribution in [0.5, 0.6) is 0 Å². The van der Waals surface area contributed by atoms with Crippen molar-refractivity contribution in [3.8, 4) is 0 Å². The summed E-state index contributed by atoms with van der Waals surface area (Å²) >= 11 is 1.70. The van der Waals surface area contributed by atoms with Gasteiger partial charge in [0.1, 0.15) is 11.9 Å². The van der Waals surface area contributed by atoms with Crippen molar-refractivity contribution < 1.29 is 9.18 Å². The molecule has 2 N–H and O–H groups in total. The number of aryl methyl sites for hydroxylation is 1. The van der Waals surface area contributed by atoms with Crippen LogP contribution in [0.1, 0.15) is 47.4 Å². The van der Waals surface area contributed by atoms with Gasteiger partial charge >= 0.3 is 0 Å². The van der Waals surface area contributed by atoms with E-state index in [2.05, 4.69) is 15.8 Å². The lowest BCUT2D eigenvalue weighted by molar-refractivity contribution is -0.134. The Kier molecular flexibility index (Phi) is 5.02. The lowest BCUT2D eigenvalue weighted by Crippen LogP contribution is -2.48. The highest BCUT2D eigenvalue weighted by atomic mass is 32.1. The molecule has 5 nitrogen and oxygen atoms in total. The van der Waals surface area contributed by atoms with E-state index in [1.54, 1.807) is 24.3 Å². The lowest BCUT2D eigenvalue weighted by atomic mass is 9.96. The van der Waals surface area contributed by atoms with Crippen LogP contribution in [0.3, 0.4) is 0 Å². The van der Waals surface area contributed by atoms with Gasteiger partial charge in [-0.2, -0.15) is 0 Å². The molecule has 7 heteroatoms. The molecule has 2 aliphatic rings. The van der Waals surface area contributed by atoms with Gasteiger partial charge in [0.2, 0.25) is 5.91 Å². The zero-order valence-electron chi connectivity index (χ0n) is 14.7. The average Bonchev–Trinajstić information content (AvgIpc) is 3.36. The van der Waals surface area contributed by atoms with Crippen molar-refractivity contribution >= 4 is 17.2 Å². The van der Waals surface area contributed by atoms with Crippen molar-refractivity contribution in [2.75, 3.05) is 13.1 Å². The Bertz CT molecular complexity index is 774. The van der Waals surface area contributed by atoms with Crippen LogP contribution in [0.25, 0.3) is 0 Å². The number of hydrazine groups is 1. The van der Waals surface area contributed by atoms with E-state index >= 15 is 0 Å². The SMILES string of the molecule is Cc1cc(C2CC(C(=O)N3CCC(c4nccs4)CC3)NN2)ccc1F. The van der Waals surface area contributed by atoms with E-state index in [4.69, 9.17) is 0 Å². The van der Waals surface area contributed by atoms with Crippen molar-refractivity contribution in [1.29, 1.82) is 0 Å². The summed E-state index contributed by atoms with van der Waals surface area (Å²) in [5.41, 5.74) is 7.96. The minimum absolute atomic E-state index is 0.0242. The maximum atomic E-state index is 13.5. The van der Waals surface area contributed by atoms with Crippen molar-refractivity contribution in [3.05, 3.63) is 51.7 Å². The molecule has 1 amide bonds. The predicted molar refractivity (Wildman–Crippen MR) is 99.2 cm³/mol. The Morgan fingerprint density at radius 1 is 1.31 bits per heavy atom. The van der Waals surface area contributed by atoms with Crippen LogP contribution in [0, 0.1) is 12.7 Å². The van der Waals surface area contributed by atoms with Crippen LogP contribution in [0.2, 0.25) is 0 Å². The number of halogens is 1. The summed E-state index contributed by atoms with van der Waals surface area (Å²) in [6, 6.07) is 4.91. The predicted octanol–water partition coefficient (Wildman–Crippen LogP) is 2.90. The molecular formula is C19H23FN4OS. The van der Waals surface area contributed by atoms with Gasteiger partial charge in [0.15, 0.2) is 0 Å². The van der Waals surface area contributed by atoms with Crippen LogP contribution in [0.15, 0.2) is 29.8 Å². The summed E-state index contributed by atoms with van der Waals surface area (Å²) in [6.45, 7) is 3.32. The molecule has 0 radical (unpaired) electrons. The summed E-state index contributed by atoms with van der Waals surface area (Å²) in [6.07, 6.45) is 4.47. The topological polar surface area (TPSA) is 57.3 Å². The van der Waals surface area contributed by atoms with Gasteiger partial charge < -0.3 is 4.90 Å². The van der Waals surface area contributed by atoms with Crippen molar-refractivity contribution in [3.63, 3.8) is 0 Å². The molecule has 4 rings (SSSR count). The number of carbonyl (C=O) groups excluding carboxylic acids is 1. The molecule has 138 valence electrons. The monoisotopic (exact) mass is 374 g/mol. The summed E-state index contributed by atoms with van der Waals surface area (Å²) in [5, 5.41) is 3.20. The minimum Gasteiger partial charge on any atom is -0.341 e. The Morgan fingerprint density at radius 2 is 2.12 bits per heavy atom. The molecular weight excluding hydrogens is 351 g/mol. The first kappa shape index (κ1) is 17.6. The largest absolute Gasteiger partial charge is 0.341 e. The number of amides is 1. The van der Waals surface area contributed by atoms with E-state index < -0.39 is 0 Å². The zero-order valence-corrected chi connectivity index (χ0v) is 15.6. The van der Waals surface area contributed by atoms with E-state index in [1.807, 2.05) is 22.5 Å². The molecule has 2 aromatic rings. The third kappa shape index (κ3) is 3.51. The van der Waals surface area contributed by atoms with Gasteiger partial charge in [-0.1, -0.05) is 12.1 Å². The van der Waals surface area contributed by atoms with Crippen molar-refractivity contribution in [2.24, 2.45) is 0 Å². The molecule has 2 saturated heterocycles. The molecule has 0 aliphatic carbocycles. The van der Waals surface area contributed by atoms with Gasteiger partial charge in [-0.15, -0.1) is 11.3 Å². The second-order valence-electron chi connectivity index (χ2n) is 7.11. The summed E-state index contributed by atoms with van der Waals surface area (Å²) in [7, 11) is 0. The first-order valence-electron chi connectivity index (χ1n) is 9.07. The van der Waals surface area contributed by atoms with Crippen LogP contribution >= 0.6 is 11.3 Å². The van der Waals surface area contributed by atoms with Crippen LogP contribution in [0.4, 0.5) is 4.39 Å². The number of aromatic nitrogens is 1. The quantitative estimate of drug-likeness (QED) is 0.867. The molecule has 0 saturated carbocycles. The molecule has 0 bridgehead atoms. The van der Waals surface area contributed by atoms with Gasteiger partial charge in [-0.25, -0.2) is 20.2 Å². The highest BCUT2D eigenvalue weighted by Crippen LogP contribution is 2.30. The molecule has 2 atom stereocenters. The van der Waals surface area contributed by atoms with Crippen LogP contribution < -0.4 is 10.9 Å². The van der Waals surface area contributed by atoms with Gasteiger partial charge in [0, 0.05) is 36.6 Å². The van der Waals surface area contributed by atoms with Gasteiger partial charge in [0.25, 0.3) is 0 Å². The minimum atomic E-state index is -0.234. The summed E-state index contributed by atoms with van der Waals surface area (Å²) in [5.74, 6) is 0.426. The standard InChI is InChI=1S/C19H23FN4OS/c1-12-10-14(2-3-15(12)20)16-11-17(23-22-16)19(25)24-7-4-13(5-8-24)18-21-6-9-26-18/h2-3,6,9-10,13,16-17,22-23H,4-5,7-8,11H2,1H3. The van der Waals surface area contributed by atoms with E-state index in [0.717, 1.165) is 31.5 Å². The molecule has 1 aromatic heterocycles. The van der Waals surface area contributed by atoms with Gasteiger partial charge in [-0.05, 0) is 43.4 Å². The maximum absolute atomic E-state index is 13.5. The van der Waals surface area contributed by atoms with Crippen LogP contribution in [-0.2, 0) is 4.79 Å². The number of piperidine rings is 1. The van der Waals surface area contributed by atoms with Gasteiger partial charge in [0.05, 0.1) is 5.01 Å². The molecule has 2 fully saturated rings. The Balaban J connectivity index is 1.34. The highest BCUT2D eigenvalue weighted by molar-refractivity contribution is 7.09. The van der Waals surface area contributed by atoms with Crippen molar-refractivity contribution in [1.82, 2.24) is 20.7 Å². The number of nitrogens with zero attached hydrogens (tertiary/aromatic N) is 2. The number of rotatable bonds is 3. The number of likely N-dealkylation sites (tertiary alicyclic amines) is 1. The molecule has 2 unspecified atom stereocenters. The maximum Gasteiger partial charge on any atom is 0.241 e. The highest BCUT2D eigenvalue weighted by Gasteiger charge is 2.34. The molecule has 1 aromatic carbocycles. The van der Waals surface area contributed by atoms with E-state index in [9.17, 15) is 9.18 Å². The normalized spacial score (nSPS) is 24.2. The third-order valence-corrected chi connectivity index (χ3v) is 6.33. The molecule has 26 heavy (non-hydrogen) atoms. The average molecular weight is 374 g/mol. The fourth-order valence-corrected chi connectivity index (χ4v) is 4.64. The summed E-state index contributed by atoms with van der Waals surface area (Å²) < 4.78 is 13.5. The fourth-order valence-electron chi connectivity index (χ4n) is 3.82. The number of benzene rings is 1. The first-order valence-corrected chi connectivity index (χ1v) is 9.95. The van der Waals surface area contributed by atoms with E-state index in [-0.39, 0.29) is 23.8 Å². The number of hydrogen-bond donors (Lipinski definition) is 2. The first-order chi connectivity index (χ1) is 12.6. The number of hydrogen-bond acceptors (Lipinski definition) is 5. The van der Waals surface area contributed by atoms with Crippen molar-refractivity contribution in [2.45, 2.75) is 44.2 Å². The fraction of sp³-hybridized carbons (Fsp3) is 0.474. The van der Waals surface area contributed by atoms with E-state index in [0.29, 0.717) is 17.9 Å². The smallest absolute Gasteiger partial charge is 0.241 e. The zero-order chi connectivity index (χ0) is 18.1. The number of thiazole rings is 1. The Labute approximate surface area is 156 Å². The molecule has 2 aliphatic heterocycles. The second kappa shape index (κ2) is 7.42. The number of nitrogens with one attached hydrogen (secondary N) is 2. The lowest BCUT2D eigenvalue weighted by Gasteiger charge is -2.32. The third-order valence-electron chi connectivity index (χ3n) is 5.39. The van der Waals surface area contributed by atoms with Crippen LogP contribution in [-0.4, -0.2) is 34.9 Å². The second-order valence-corrected chi connectivity index (χ2v) is 8.03. The molecule has 0 spiro atoms. The Hall–Kier alpha value is -1.83. The van der Waals surface area contributed by atoms with Gasteiger partial charge in [-0.3, -0.25) is 4.79 Å².